The van der Waals surface area contributed by atoms with E-state index in [0.717, 1.165) is 19.2 Å². The standard InChI is InChI=1S/C20H17F3N2O3/c1-28-19(27)17(11-14-6-2-3-7-15(14)12-24)25-18(26)10-13-5-4-8-16(9-13)20(21,22)23/h2-9,17H,10-11H2,1H3,(H,25,26)/t17-/m1/s1. The van der Waals surface area contributed by atoms with Crippen molar-refractivity contribution in [3.8, 4) is 6.07 Å². The molecule has 0 heterocycles. The van der Waals surface area contributed by atoms with Crippen LogP contribution in [0, 0.1) is 11.3 Å². The average Bonchev–Trinajstić information content (AvgIpc) is 2.66. The van der Waals surface area contributed by atoms with E-state index >= 15 is 0 Å². The number of nitrogens with one attached hydrogen (secondary N) is 1. The van der Waals surface area contributed by atoms with Crippen molar-refractivity contribution in [1.29, 1.82) is 5.26 Å². The number of nitrogens with zero attached hydrogens (tertiary/aromatic N) is 1. The number of methoxy groups -OCH3 is 1. The third kappa shape index (κ3) is 5.58. The summed E-state index contributed by atoms with van der Waals surface area (Å²) in [5.74, 6) is -1.35. The quantitative estimate of drug-likeness (QED) is 0.769. The van der Waals surface area contributed by atoms with Crippen molar-refractivity contribution in [2.24, 2.45) is 0 Å². The average molecular weight is 390 g/mol. The summed E-state index contributed by atoms with van der Waals surface area (Å²) in [5, 5.41) is 11.6. The van der Waals surface area contributed by atoms with Crippen LogP contribution in [0.2, 0.25) is 0 Å². The van der Waals surface area contributed by atoms with Gasteiger partial charge in [-0.15, -0.1) is 0 Å². The molecule has 1 N–H and O–H groups in total. The maximum atomic E-state index is 12.8. The molecule has 0 saturated heterocycles. The van der Waals surface area contributed by atoms with Crippen LogP contribution in [-0.4, -0.2) is 25.0 Å². The molecule has 8 heteroatoms. The number of benzene rings is 2. The first-order valence-corrected chi connectivity index (χ1v) is 8.26. The zero-order valence-electron chi connectivity index (χ0n) is 14.9. The number of carbonyl (C=O) groups is 2. The summed E-state index contributed by atoms with van der Waals surface area (Å²) < 4.78 is 43.1. The number of ether oxygens (including phenoxy) is 1. The van der Waals surface area contributed by atoms with Crippen molar-refractivity contribution < 1.29 is 27.5 Å². The van der Waals surface area contributed by atoms with E-state index in [-0.39, 0.29) is 18.4 Å². The molecule has 2 rings (SSSR count). The van der Waals surface area contributed by atoms with Crippen LogP contribution in [0.25, 0.3) is 0 Å². The normalized spacial score (nSPS) is 12.0. The van der Waals surface area contributed by atoms with Crippen LogP contribution >= 0.6 is 0 Å². The number of alkyl halides is 3. The Labute approximate surface area is 159 Å². The van der Waals surface area contributed by atoms with Crippen molar-refractivity contribution in [2.75, 3.05) is 7.11 Å². The lowest BCUT2D eigenvalue weighted by molar-refractivity contribution is -0.145. The highest BCUT2D eigenvalue weighted by Crippen LogP contribution is 2.29. The fourth-order valence-electron chi connectivity index (χ4n) is 2.65. The fraction of sp³-hybridized carbons (Fsp3) is 0.250. The highest BCUT2D eigenvalue weighted by atomic mass is 19.4. The maximum Gasteiger partial charge on any atom is 0.416 e. The van der Waals surface area contributed by atoms with Gasteiger partial charge in [0.15, 0.2) is 0 Å². The van der Waals surface area contributed by atoms with Gasteiger partial charge in [0.1, 0.15) is 6.04 Å². The number of carbonyl (C=O) groups excluding carboxylic acids is 2. The number of halogens is 3. The zero-order valence-corrected chi connectivity index (χ0v) is 14.9. The van der Waals surface area contributed by atoms with E-state index in [1.807, 2.05) is 6.07 Å². The van der Waals surface area contributed by atoms with Crippen LogP contribution in [0.4, 0.5) is 13.2 Å². The van der Waals surface area contributed by atoms with E-state index in [2.05, 4.69) is 10.1 Å². The van der Waals surface area contributed by atoms with Crippen LogP contribution < -0.4 is 5.32 Å². The first-order valence-electron chi connectivity index (χ1n) is 8.26. The fourth-order valence-corrected chi connectivity index (χ4v) is 2.65. The minimum Gasteiger partial charge on any atom is -0.467 e. The topological polar surface area (TPSA) is 79.2 Å². The minimum atomic E-state index is -4.51. The van der Waals surface area contributed by atoms with Gasteiger partial charge in [-0.2, -0.15) is 18.4 Å². The van der Waals surface area contributed by atoms with E-state index in [0.29, 0.717) is 11.1 Å². The van der Waals surface area contributed by atoms with Crippen molar-refractivity contribution in [1.82, 2.24) is 5.32 Å². The van der Waals surface area contributed by atoms with Crippen LogP contribution in [0.5, 0.6) is 0 Å². The molecule has 146 valence electrons. The Morgan fingerprint density at radius 1 is 1.18 bits per heavy atom. The summed E-state index contributed by atoms with van der Waals surface area (Å²) in [6, 6.07) is 11.9. The summed E-state index contributed by atoms with van der Waals surface area (Å²) in [4.78, 5) is 24.3. The molecule has 0 saturated carbocycles. The Morgan fingerprint density at radius 3 is 2.54 bits per heavy atom. The second-order valence-corrected chi connectivity index (χ2v) is 5.99. The Balaban J connectivity index is 2.13. The smallest absolute Gasteiger partial charge is 0.416 e. The van der Waals surface area contributed by atoms with Gasteiger partial charge in [-0.25, -0.2) is 4.79 Å². The van der Waals surface area contributed by atoms with E-state index in [1.165, 1.54) is 12.1 Å². The molecule has 0 aliphatic rings. The Kier molecular flexibility index (Phi) is 6.77. The van der Waals surface area contributed by atoms with E-state index in [4.69, 9.17) is 5.26 Å². The number of esters is 1. The minimum absolute atomic E-state index is 0.0186. The number of hydrogen-bond donors (Lipinski definition) is 1. The van der Waals surface area contributed by atoms with Gasteiger partial charge < -0.3 is 10.1 Å². The molecule has 0 aliphatic heterocycles. The molecular weight excluding hydrogens is 373 g/mol. The van der Waals surface area contributed by atoms with Gasteiger partial charge in [0, 0.05) is 6.42 Å². The van der Waals surface area contributed by atoms with Gasteiger partial charge in [-0.1, -0.05) is 36.4 Å². The van der Waals surface area contributed by atoms with Crippen molar-refractivity contribution in [2.45, 2.75) is 25.1 Å². The van der Waals surface area contributed by atoms with E-state index in [9.17, 15) is 22.8 Å². The maximum absolute atomic E-state index is 12.8. The third-order valence-electron chi connectivity index (χ3n) is 4.00. The number of hydrogen-bond acceptors (Lipinski definition) is 4. The van der Waals surface area contributed by atoms with Crippen molar-refractivity contribution >= 4 is 11.9 Å². The molecule has 0 aromatic heterocycles. The molecule has 28 heavy (non-hydrogen) atoms. The van der Waals surface area contributed by atoms with Crippen LogP contribution in [0.1, 0.15) is 22.3 Å². The van der Waals surface area contributed by atoms with Gasteiger partial charge in [0.05, 0.1) is 30.7 Å². The summed E-state index contributed by atoms with van der Waals surface area (Å²) in [7, 11) is 1.16. The highest BCUT2D eigenvalue weighted by molar-refractivity contribution is 5.86. The second kappa shape index (κ2) is 9.04. The first-order chi connectivity index (χ1) is 13.2. The molecule has 2 aromatic carbocycles. The second-order valence-electron chi connectivity index (χ2n) is 5.99. The molecule has 1 atom stereocenters. The Hall–Kier alpha value is -3.34. The van der Waals surface area contributed by atoms with Crippen molar-refractivity contribution in [3.63, 3.8) is 0 Å². The van der Waals surface area contributed by atoms with Gasteiger partial charge in [-0.3, -0.25) is 4.79 Å². The van der Waals surface area contributed by atoms with Crippen molar-refractivity contribution in [3.05, 3.63) is 70.8 Å². The van der Waals surface area contributed by atoms with Crippen LogP contribution in [0.15, 0.2) is 48.5 Å². The molecule has 0 aliphatic carbocycles. The Bertz CT molecular complexity index is 904. The summed E-state index contributed by atoms with van der Waals surface area (Å²) in [6.45, 7) is 0. The lowest BCUT2D eigenvalue weighted by Gasteiger charge is -2.17. The van der Waals surface area contributed by atoms with Crippen LogP contribution in [-0.2, 0) is 33.3 Å². The molecule has 0 fully saturated rings. The molecular formula is C20H17F3N2O3. The molecule has 0 spiro atoms. The molecule has 0 unspecified atom stereocenters. The lowest BCUT2D eigenvalue weighted by atomic mass is 10.0. The largest absolute Gasteiger partial charge is 0.467 e. The SMILES string of the molecule is COC(=O)[C@@H](Cc1ccccc1C#N)NC(=O)Cc1cccc(C(F)(F)F)c1. The van der Waals surface area contributed by atoms with Gasteiger partial charge in [0.2, 0.25) is 5.91 Å². The molecule has 1 amide bonds. The molecule has 0 bridgehead atoms. The summed E-state index contributed by atoms with van der Waals surface area (Å²) >= 11 is 0. The van der Waals surface area contributed by atoms with E-state index in [1.54, 1.807) is 24.3 Å². The monoisotopic (exact) mass is 390 g/mol. The van der Waals surface area contributed by atoms with Gasteiger partial charge >= 0.3 is 12.1 Å². The summed E-state index contributed by atoms with van der Waals surface area (Å²) in [6.07, 6.45) is -4.83. The van der Waals surface area contributed by atoms with Crippen LogP contribution in [0.3, 0.4) is 0 Å². The predicted molar refractivity (Wildman–Crippen MR) is 94.0 cm³/mol. The first kappa shape index (κ1) is 21.0. The zero-order chi connectivity index (χ0) is 20.7. The van der Waals surface area contributed by atoms with E-state index < -0.39 is 29.7 Å². The third-order valence-corrected chi connectivity index (χ3v) is 4.00. The molecule has 0 radical (unpaired) electrons. The molecule has 2 aromatic rings. The van der Waals surface area contributed by atoms with Gasteiger partial charge in [0.25, 0.3) is 0 Å². The predicted octanol–water partition coefficient (Wildman–Crippen LogP) is 3.02. The number of rotatable bonds is 6. The van der Waals surface area contributed by atoms with Gasteiger partial charge in [-0.05, 0) is 23.3 Å². The lowest BCUT2D eigenvalue weighted by Crippen LogP contribution is -2.43. The Morgan fingerprint density at radius 2 is 1.89 bits per heavy atom. The highest BCUT2D eigenvalue weighted by Gasteiger charge is 2.30. The number of nitriles is 1. The molecule has 5 nitrogen and oxygen atoms in total. The summed E-state index contributed by atoms with van der Waals surface area (Å²) in [5.41, 5.74) is 0.196. The number of amides is 1.